The van der Waals surface area contributed by atoms with Crippen molar-refractivity contribution in [1.29, 1.82) is 0 Å². The van der Waals surface area contributed by atoms with E-state index in [-0.39, 0.29) is 0 Å². The van der Waals surface area contributed by atoms with Gasteiger partial charge in [-0.3, -0.25) is 0 Å². The number of hydrogen-bond donors (Lipinski definition) is 0. The molecule has 0 saturated heterocycles. The largest absolute Gasteiger partial charge is 0.309 e. The monoisotopic (exact) mass is 447 g/mol. The van der Waals surface area contributed by atoms with Gasteiger partial charge in [0.15, 0.2) is 0 Å². The molecule has 0 saturated carbocycles. The summed E-state index contributed by atoms with van der Waals surface area (Å²) in [7, 11) is 0. The van der Waals surface area contributed by atoms with Crippen LogP contribution in [-0.4, -0.2) is 4.57 Å². The summed E-state index contributed by atoms with van der Waals surface area (Å²) in [6, 6.07) is 39.1. The van der Waals surface area contributed by atoms with Gasteiger partial charge in [-0.25, -0.2) is 0 Å². The first-order valence-electron chi connectivity index (χ1n) is 10.1. The van der Waals surface area contributed by atoms with E-state index in [1.807, 2.05) is 0 Å². The molecule has 0 bridgehead atoms. The van der Waals surface area contributed by atoms with Crippen molar-refractivity contribution in [1.82, 2.24) is 4.57 Å². The maximum Gasteiger partial charge on any atom is 0.0547 e. The highest BCUT2D eigenvalue weighted by Crippen LogP contribution is 2.38. The molecule has 1 heterocycles. The van der Waals surface area contributed by atoms with Crippen LogP contribution in [0.15, 0.2) is 114 Å². The Morgan fingerprint density at radius 2 is 1.30 bits per heavy atom. The molecule has 0 N–H and O–H groups in total. The Hall–Kier alpha value is -3.36. The van der Waals surface area contributed by atoms with Gasteiger partial charge in [-0.2, -0.15) is 0 Å². The van der Waals surface area contributed by atoms with Crippen molar-refractivity contribution in [3.05, 3.63) is 114 Å². The van der Waals surface area contributed by atoms with Gasteiger partial charge in [0.25, 0.3) is 0 Å². The van der Waals surface area contributed by atoms with Crippen LogP contribution in [0.25, 0.3) is 49.4 Å². The van der Waals surface area contributed by atoms with E-state index in [2.05, 4.69) is 130 Å². The number of para-hydroxylation sites is 1. The van der Waals surface area contributed by atoms with Crippen LogP contribution >= 0.6 is 15.9 Å². The molecule has 6 rings (SSSR count). The maximum atomic E-state index is 3.61. The molecule has 6 aromatic rings. The second kappa shape index (κ2) is 6.86. The minimum Gasteiger partial charge on any atom is -0.309 e. The molecule has 0 radical (unpaired) electrons. The van der Waals surface area contributed by atoms with Crippen molar-refractivity contribution >= 4 is 48.5 Å². The summed E-state index contributed by atoms with van der Waals surface area (Å²) < 4.78 is 3.47. The molecule has 1 nitrogen and oxygen atoms in total. The van der Waals surface area contributed by atoms with E-state index in [0.29, 0.717) is 0 Å². The van der Waals surface area contributed by atoms with Gasteiger partial charge in [-0.15, -0.1) is 0 Å². The standard InChI is InChI=1S/C28H18BrN/c29-22-9-6-8-20(17-22)21-14-15-26-25(18-21)28-24-12-5-4-7-19(24)13-16-27(28)30(26)23-10-2-1-3-11-23/h1-18H. The highest BCUT2D eigenvalue weighted by atomic mass is 79.9. The number of fused-ring (bicyclic) bond motifs is 5. The van der Waals surface area contributed by atoms with E-state index < -0.39 is 0 Å². The molecule has 0 aliphatic rings. The van der Waals surface area contributed by atoms with Gasteiger partial charge < -0.3 is 4.57 Å². The average molecular weight is 448 g/mol. The van der Waals surface area contributed by atoms with Gasteiger partial charge in [-0.1, -0.05) is 82.7 Å². The molecule has 2 heteroatoms. The number of halogens is 1. The molecule has 0 aliphatic heterocycles. The van der Waals surface area contributed by atoms with Gasteiger partial charge >= 0.3 is 0 Å². The summed E-state index contributed by atoms with van der Waals surface area (Å²) in [5.41, 5.74) is 6.09. The third-order valence-electron chi connectivity index (χ3n) is 5.83. The molecule has 0 spiro atoms. The predicted molar refractivity (Wildman–Crippen MR) is 131 cm³/mol. The number of benzene rings is 5. The molecule has 5 aromatic carbocycles. The average Bonchev–Trinajstić information content (AvgIpc) is 3.14. The van der Waals surface area contributed by atoms with E-state index in [9.17, 15) is 0 Å². The SMILES string of the molecule is Brc1cccc(-c2ccc3c(c2)c2c4ccccc4ccc2n3-c2ccccc2)c1. The lowest BCUT2D eigenvalue weighted by Gasteiger charge is -2.08. The normalized spacial score (nSPS) is 11.5. The summed E-state index contributed by atoms with van der Waals surface area (Å²) in [6.45, 7) is 0. The Labute approximate surface area is 183 Å². The summed E-state index contributed by atoms with van der Waals surface area (Å²) in [5.74, 6) is 0. The zero-order valence-electron chi connectivity index (χ0n) is 16.2. The smallest absolute Gasteiger partial charge is 0.0547 e. The minimum absolute atomic E-state index is 1.09. The topological polar surface area (TPSA) is 4.93 Å². The number of rotatable bonds is 2. The zero-order valence-corrected chi connectivity index (χ0v) is 17.8. The molecule has 1 aromatic heterocycles. The fraction of sp³-hybridized carbons (Fsp3) is 0. The van der Waals surface area contributed by atoms with E-state index in [0.717, 1.165) is 4.47 Å². The summed E-state index contributed by atoms with van der Waals surface area (Å²) >= 11 is 3.61. The molecule has 0 fully saturated rings. The van der Waals surface area contributed by atoms with Crippen LogP contribution in [0.1, 0.15) is 0 Å². The lowest BCUT2D eigenvalue weighted by molar-refractivity contribution is 1.18. The van der Waals surface area contributed by atoms with Crippen LogP contribution in [0.3, 0.4) is 0 Å². The Kier molecular flexibility index (Phi) is 4.00. The molecular formula is C28H18BrN. The molecule has 0 aliphatic carbocycles. The molecular weight excluding hydrogens is 430 g/mol. The number of nitrogens with zero attached hydrogens (tertiary/aromatic N) is 1. The van der Waals surface area contributed by atoms with Gasteiger partial charge in [-0.05, 0) is 64.4 Å². The molecule has 0 amide bonds. The number of aromatic nitrogens is 1. The van der Waals surface area contributed by atoms with Gasteiger partial charge in [0.2, 0.25) is 0 Å². The van der Waals surface area contributed by atoms with Crippen molar-refractivity contribution in [2.75, 3.05) is 0 Å². The third-order valence-corrected chi connectivity index (χ3v) is 6.32. The summed E-state index contributed by atoms with van der Waals surface area (Å²) in [5, 5.41) is 5.15. The van der Waals surface area contributed by atoms with Gasteiger partial charge in [0.1, 0.15) is 0 Å². The lowest BCUT2D eigenvalue weighted by Crippen LogP contribution is -1.93. The molecule has 30 heavy (non-hydrogen) atoms. The Morgan fingerprint density at radius 3 is 2.17 bits per heavy atom. The summed E-state index contributed by atoms with van der Waals surface area (Å²) in [4.78, 5) is 0. The van der Waals surface area contributed by atoms with Crippen molar-refractivity contribution in [3.63, 3.8) is 0 Å². The van der Waals surface area contributed by atoms with Crippen LogP contribution in [0.5, 0.6) is 0 Å². The van der Waals surface area contributed by atoms with E-state index in [1.54, 1.807) is 0 Å². The fourth-order valence-corrected chi connectivity index (χ4v) is 4.89. The lowest BCUT2D eigenvalue weighted by atomic mass is 10.0. The second-order valence-corrected chi connectivity index (χ2v) is 8.51. The number of hydrogen-bond acceptors (Lipinski definition) is 0. The van der Waals surface area contributed by atoms with E-state index in [4.69, 9.17) is 0 Å². The maximum absolute atomic E-state index is 3.61. The van der Waals surface area contributed by atoms with Crippen molar-refractivity contribution < 1.29 is 0 Å². The van der Waals surface area contributed by atoms with E-state index in [1.165, 1.54) is 49.4 Å². The highest BCUT2D eigenvalue weighted by Gasteiger charge is 2.15. The first kappa shape index (κ1) is 17.5. The van der Waals surface area contributed by atoms with Crippen LogP contribution in [0.4, 0.5) is 0 Å². The highest BCUT2D eigenvalue weighted by molar-refractivity contribution is 9.10. The van der Waals surface area contributed by atoms with Crippen LogP contribution in [0.2, 0.25) is 0 Å². The van der Waals surface area contributed by atoms with Crippen LogP contribution in [-0.2, 0) is 0 Å². The van der Waals surface area contributed by atoms with Crippen molar-refractivity contribution in [3.8, 4) is 16.8 Å². The van der Waals surface area contributed by atoms with Crippen molar-refractivity contribution in [2.45, 2.75) is 0 Å². The second-order valence-electron chi connectivity index (χ2n) is 7.59. The van der Waals surface area contributed by atoms with E-state index >= 15 is 0 Å². The van der Waals surface area contributed by atoms with Gasteiger partial charge in [0.05, 0.1) is 11.0 Å². The predicted octanol–water partition coefficient (Wildman–Crippen LogP) is 8.37. The molecule has 0 unspecified atom stereocenters. The first-order valence-corrected chi connectivity index (χ1v) is 10.9. The Balaban J connectivity index is 1.77. The Bertz CT molecular complexity index is 1540. The fourth-order valence-electron chi connectivity index (χ4n) is 4.49. The van der Waals surface area contributed by atoms with Crippen LogP contribution in [0, 0.1) is 0 Å². The van der Waals surface area contributed by atoms with Crippen LogP contribution < -0.4 is 0 Å². The van der Waals surface area contributed by atoms with Crippen molar-refractivity contribution in [2.24, 2.45) is 0 Å². The Morgan fingerprint density at radius 1 is 0.533 bits per heavy atom. The third kappa shape index (κ3) is 2.68. The quantitative estimate of drug-likeness (QED) is 0.251. The first-order chi connectivity index (χ1) is 14.8. The molecule has 0 atom stereocenters. The zero-order chi connectivity index (χ0) is 20.1. The molecule has 142 valence electrons. The summed E-state index contributed by atoms with van der Waals surface area (Å²) in [6.07, 6.45) is 0. The minimum atomic E-state index is 1.09. The van der Waals surface area contributed by atoms with Gasteiger partial charge in [0, 0.05) is 20.9 Å².